The van der Waals surface area contributed by atoms with Gasteiger partial charge in [0.2, 0.25) is 0 Å². The normalized spacial score (nSPS) is 11.4. The summed E-state index contributed by atoms with van der Waals surface area (Å²) in [5, 5.41) is 3.55. The molecule has 1 N–H and O–H groups in total. The second-order valence-corrected chi connectivity index (χ2v) is 5.75. The standard InChI is InChI=1S/C17H13BrF2N2O/c1-23-16-4-2-3-14-17(16)15(5-6-21-14)22-9-11-12(19)7-10(18)8-13(11)20/h2-8H,9H2,1H3,(H,21,22)/i5D. The Morgan fingerprint density at radius 2 is 2.04 bits per heavy atom. The zero-order chi connectivity index (χ0) is 17.3. The first-order valence-electron chi connectivity index (χ1n) is 7.31. The highest BCUT2D eigenvalue weighted by Crippen LogP contribution is 2.31. The first kappa shape index (κ1) is 14.4. The zero-order valence-electron chi connectivity index (χ0n) is 13.2. The topological polar surface area (TPSA) is 34.1 Å². The highest BCUT2D eigenvalue weighted by atomic mass is 79.9. The Bertz CT molecular complexity index is 897. The average molecular weight is 380 g/mol. The second kappa shape index (κ2) is 6.50. The smallest absolute Gasteiger partial charge is 0.132 e. The molecule has 0 aliphatic rings. The van der Waals surface area contributed by atoms with E-state index in [0.29, 0.717) is 26.8 Å². The van der Waals surface area contributed by atoms with E-state index >= 15 is 0 Å². The van der Waals surface area contributed by atoms with Gasteiger partial charge < -0.3 is 10.1 Å². The van der Waals surface area contributed by atoms with E-state index in [2.05, 4.69) is 26.2 Å². The molecule has 0 fully saturated rings. The van der Waals surface area contributed by atoms with E-state index in [4.69, 9.17) is 6.11 Å². The molecule has 2 aromatic carbocycles. The molecule has 0 bridgehead atoms. The largest absolute Gasteiger partial charge is 0.496 e. The van der Waals surface area contributed by atoms with Gasteiger partial charge in [-0.25, -0.2) is 8.78 Å². The maximum Gasteiger partial charge on any atom is 0.132 e. The summed E-state index contributed by atoms with van der Waals surface area (Å²) in [5.74, 6) is -0.786. The lowest BCUT2D eigenvalue weighted by molar-refractivity contribution is 0.420. The number of halogens is 3. The van der Waals surface area contributed by atoms with Crippen LogP contribution in [0.4, 0.5) is 14.5 Å². The molecule has 0 saturated heterocycles. The summed E-state index contributed by atoms with van der Waals surface area (Å²) in [6.45, 7) is -0.103. The van der Waals surface area contributed by atoms with Gasteiger partial charge in [0, 0.05) is 28.5 Å². The molecule has 3 nitrogen and oxygen atoms in total. The van der Waals surface area contributed by atoms with Crippen LogP contribution >= 0.6 is 15.9 Å². The number of nitrogens with one attached hydrogen (secondary N) is 1. The third-order valence-electron chi connectivity index (χ3n) is 3.43. The fourth-order valence-electron chi connectivity index (χ4n) is 2.34. The van der Waals surface area contributed by atoms with Crippen LogP contribution in [-0.4, -0.2) is 12.1 Å². The highest BCUT2D eigenvalue weighted by Gasteiger charge is 2.12. The number of pyridine rings is 1. The SMILES string of the molecule is [2H]c1cnc2cccc(OC)c2c1NCc1c(F)cc(Br)cc1F. The molecular formula is C17H13BrF2N2O. The van der Waals surface area contributed by atoms with Gasteiger partial charge in [-0.15, -0.1) is 0 Å². The number of ether oxygens (including phenoxy) is 1. The van der Waals surface area contributed by atoms with Gasteiger partial charge in [-0.2, -0.15) is 0 Å². The highest BCUT2D eigenvalue weighted by molar-refractivity contribution is 9.10. The van der Waals surface area contributed by atoms with E-state index < -0.39 is 11.6 Å². The summed E-state index contributed by atoms with van der Waals surface area (Å²) in [6.07, 6.45) is 1.39. The van der Waals surface area contributed by atoms with Crippen molar-refractivity contribution in [2.75, 3.05) is 12.4 Å². The van der Waals surface area contributed by atoms with Gasteiger partial charge in [0.25, 0.3) is 0 Å². The van der Waals surface area contributed by atoms with Crippen molar-refractivity contribution in [1.82, 2.24) is 4.98 Å². The molecule has 3 rings (SSSR count). The number of rotatable bonds is 4. The lowest BCUT2D eigenvalue weighted by atomic mass is 10.1. The third kappa shape index (κ3) is 3.12. The monoisotopic (exact) mass is 379 g/mol. The zero-order valence-corrected chi connectivity index (χ0v) is 13.7. The minimum Gasteiger partial charge on any atom is -0.496 e. The number of anilines is 1. The number of benzene rings is 2. The van der Waals surface area contributed by atoms with Crippen molar-refractivity contribution in [2.45, 2.75) is 6.54 Å². The molecule has 0 radical (unpaired) electrons. The summed E-state index contributed by atoms with van der Waals surface area (Å²) >= 11 is 3.05. The second-order valence-electron chi connectivity index (χ2n) is 4.83. The lowest BCUT2D eigenvalue weighted by Gasteiger charge is -2.13. The average Bonchev–Trinajstić information content (AvgIpc) is 2.55. The molecule has 0 amide bonds. The minimum atomic E-state index is -0.661. The van der Waals surface area contributed by atoms with Crippen LogP contribution in [0, 0.1) is 11.6 Å². The van der Waals surface area contributed by atoms with Gasteiger partial charge in [-0.3, -0.25) is 4.98 Å². The summed E-state index contributed by atoms with van der Waals surface area (Å²) in [7, 11) is 1.52. The number of hydrogen-bond donors (Lipinski definition) is 1. The number of aromatic nitrogens is 1. The Hall–Kier alpha value is -2.21. The molecule has 118 valence electrons. The van der Waals surface area contributed by atoms with Crippen LogP contribution in [-0.2, 0) is 6.54 Å². The van der Waals surface area contributed by atoms with Crippen LogP contribution in [0.15, 0.2) is 47.0 Å². The van der Waals surface area contributed by atoms with Gasteiger partial charge in [0.15, 0.2) is 0 Å². The lowest BCUT2D eigenvalue weighted by Crippen LogP contribution is -2.05. The van der Waals surface area contributed by atoms with Crippen molar-refractivity contribution in [2.24, 2.45) is 0 Å². The molecule has 1 heterocycles. The van der Waals surface area contributed by atoms with Crippen LogP contribution in [0.1, 0.15) is 6.93 Å². The van der Waals surface area contributed by atoms with E-state index in [1.54, 1.807) is 18.2 Å². The van der Waals surface area contributed by atoms with Crippen LogP contribution < -0.4 is 10.1 Å². The number of nitrogens with zero attached hydrogens (tertiary/aromatic N) is 1. The predicted octanol–water partition coefficient (Wildman–Crippen LogP) is 4.90. The molecule has 0 atom stereocenters. The minimum absolute atomic E-state index is 0.0996. The Morgan fingerprint density at radius 1 is 1.30 bits per heavy atom. The number of methoxy groups -OCH3 is 1. The van der Waals surface area contributed by atoms with Crippen molar-refractivity contribution >= 4 is 32.5 Å². The molecule has 0 spiro atoms. The fourth-order valence-corrected chi connectivity index (χ4v) is 2.75. The van der Waals surface area contributed by atoms with Gasteiger partial charge in [0.05, 0.1) is 19.4 Å². The molecule has 0 unspecified atom stereocenters. The molecule has 0 aliphatic heterocycles. The maximum atomic E-state index is 14.0. The molecule has 6 heteroatoms. The van der Waals surface area contributed by atoms with Crippen LogP contribution in [0.2, 0.25) is 0 Å². The Balaban J connectivity index is 2.03. The van der Waals surface area contributed by atoms with Crippen LogP contribution in [0.5, 0.6) is 5.75 Å². The van der Waals surface area contributed by atoms with Crippen molar-refractivity contribution in [3.63, 3.8) is 0 Å². The van der Waals surface area contributed by atoms with Gasteiger partial charge in [-0.1, -0.05) is 22.0 Å². The number of hydrogen-bond acceptors (Lipinski definition) is 3. The quantitative estimate of drug-likeness (QED) is 0.700. The first-order chi connectivity index (χ1) is 11.5. The van der Waals surface area contributed by atoms with E-state index in [1.165, 1.54) is 25.4 Å². The van der Waals surface area contributed by atoms with Crippen LogP contribution in [0.3, 0.4) is 0 Å². The van der Waals surface area contributed by atoms with Crippen molar-refractivity contribution in [3.05, 3.63) is 64.2 Å². The Kier molecular flexibility index (Phi) is 4.06. The van der Waals surface area contributed by atoms with E-state index in [9.17, 15) is 8.78 Å². The molecular weight excluding hydrogens is 366 g/mol. The summed E-state index contributed by atoms with van der Waals surface area (Å²) in [5.41, 5.74) is 0.946. The summed E-state index contributed by atoms with van der Waals surface area (Å²) in [6, 6.07) is 7.83. The summed E-state index contributed by atoms with van der Waals surface area (Å²) < 4.78 is 41.7. The Labute approximate surface area is 141 Å². The number of fused-ring (bicyclic) bond motifs is 1. The summed E-state index contributed by atoms with van der Waals surface area (Å²) in [4.78, 5) is 4.19. The first-order valence-corrected chi connectivity index (χ1v) is 7.60. The molecule has 1 aromatic heterocycles. The molecule has 0 aliphatic carbocycles. The van der Waals surface area contributed by atoms with Gasteiger partial charge in [-0.05, 0) is 30.3 Å². The van der Waals surface area contributed by atoms with Crippen molar-refractivity contribution in [1.29, 1.82) is 0 Å². The van der Waals surface area contributed by atoms with E-state index in [-0.39, 0.29) is 18.2 Å². The Morgan fingerprint density at radius 3 is 2.74 bits per heavy atom. The molecule has 23 heavy (non-hydrogen) atoms. The third-order valence-corrected chi connectivity index (χ3v) is 3.89. The maximum absolute atomic E-state index is 14.0. The fraction of sp³-hybridized carbons (Fsp3) is 0.118. The van der Waals surface area contributed by atoms with Gasteiger partial charge in [0.1, 0.15) is 17.4 Å². The van der Waals surface area contributed by atoms with Crippen molar-refractivity contribution < 1.29 is 14.9 Å². The van der Waals surface area contributed by atoms with Crippen LogP contribution in [0.25, 0.3) is 10.9 Å². The molecule has 0 saturated carbocycles. The van der Waals surface area contributed by atoms with E-state index in [0.717, 1.165) is 0 Å². The predicted molar refractivity (Wildman–Crippen MR) is 89.7 cm³/mol. The molecule has 3 aromatic rings. The van der Waals surface area contributed by atoms with Crippen molar-refractivity contribution in [3.8, 4) is 5.75 Å². The van der Waals surface area contributed by atoms with E-state index in [1.807, 2.05) is 0 Å². The van der Waals surface area contributed by atoms with Gasteiger partial charge >= 0.3 is 0 Å².